The zero-order valence-corrected chi connectivity index (χ0v) is 10.0. The number of nitrogens with one attached hydrogen (secondary N) is 1. The van der Waals surface area contributed by atoms with Crippen LogP contribution in [0.1, 0.15) is 5.76 Å². The summed E-state index contributed by atoms with van der Waals surface area (Å²) in [5, 5.41) is 4.29. The summed E-state index contributed by atoms with van der Waals surface area (Å²) in [6, 6.07) is 12.1. The average molecular weight is 244 g/mol. The normalized spacial score (nSPS) is 10.8. The number of rotatable bonds is 4. The van der Waals surface area contributed by atoms with Crippen LogP contribution in [0.5, 0.6) is 0 Å². The van der Waals surface area contributed by atoms with Gasteiger partial charge in [0.1, 0.15) is 5.76 Å². The Morgan fingerprint density at radius 2 is 2.12 bits per heavy atom. The number of nitrogens with zero attached hydrogens (tertiary/aromatic N) is 1. The zero-order chi connectivity index (χ0) is 11.5. The van der Waals surface area contributed by atoms with Gasteiger partial charge in [-0.2, -0.15) is 0 Å². The molecule has 0 atom stereocenters. The van der Waals surface area contributed by atoms with Crippen molar-refractivity contribution in [1.29, 1.82) is 0 Å². The van der Waals surface area contributed by atoms with E-state index in [1.165, 1.54) is 4.70 Å². The lowest BCUT2D eigenvalue weighted by Gasteiger charge is -1.99. The molecule has 1 N–H and O–H groups in total. The van der Waals surface area contributed by atoms with Crippen molar-refractivity contribution >= 4 is 26.7 Å². The second-order valence-electron chi connectivity index (χ2n) is 3.74. The van der Waals surface area contributed by atoms with Crippen molar-refractivity contribution in [2.75, 3.05) is 11.9 Å². The van der Waals surface area contributed by atoms with Crippen LogP contribution in [-0.4, -0.2) is 11.5 Å². The zero-order valence-electron chi connectivity index (χ0n) is 9.22. The third-order valence-corrected chi connectivity index (χ3v) is 3.52. The number of aromatic nitrogens is 1. The summed E-state index contributed by atoms with van der Waals surface area (Å²) in [7, 11) is 0. The van der Waals surface area contributed by atoms with Gasteiger partial charge < -0.3 is 9.73 Å². The van der Waals surface area contributed by atoms with Gasteiger partial charge in [-0.1, -0.05) is 23.5 Å². The van der Waals surface area contributed by atoms with Gasteiger partial charge in [0.05, 0.1) is 16.5 Å². The molecule has 0 aliphatic carbocycles. The van der Waals surface area contributed by atoms with Crippen LogP contribution in [0.25, 0.3) is 10.2 Å². The maximum atomic E-state index is 5.27. The van der Waals surface area contributed by atoms with Gasteiger partial charge >= 0.3 is 0 Å². The number of thiazole rings is 1. The summed E-state index contributed by atoms with van der Waals surface area (Å²) in [4.78, 5) is 4.51. The average Bonchev–Trinajstić information content (AvgIpc) is 2.96. The molecule has 0 radical (unpaired) electrons. The maximum absolute atomic E-state index is 5.27. The van der Waals surface area contributed by atoms with Crippen LogP contribution in [0.3, 0.4) is 0 Å². The lowest BCUT2D eigenvalue weighted by molar-refractivity contribution is 0.513. The minimum absolute atomic E-state index is 0.841. The van der Waals surface area contributed by atoms with Crippen molar-refractivity contribution in [2.24, 2.45) is 0 Å². The van der Waals surface area contributed by atoms with Gasteiger partial charge in [-0.15, -0.1) is 0 Å². The number of fused-ring (bicyclic) bond motifs is 1. The monoisotopic (exact) mass is 244 g/mol. The molecule has 0 bridgehead atoms. The summed E-state index contributed by atoms with van der Waals surface area (Å²) >= 11 is 1.68. The summed E-state index contributed by atoms with van der Waals surface area (Å²) in [5.74, 6) is 0.999. The molecule has 0 unspecified atom stereocenters. The Kier molecular flexibility index (Phi) is 2.80. The predicted molar refractivity (Wildman–Crippen MR) is 70.5 cm³/mol. The number of hydrogen-bond acceptors (Lipinski definition) is 4. The molecule has 3 rings (SSSR count). The van der Waals surface area contributed by atoms with Crippen LogP contribution in [0.15, 0.2) is 47.1 Å². The minimum atomic E-state index is 0.841. The number of furan rings is 1. The number of hydrogen-bond donors (Lipinski definition) is 1. The highest BCUT2D eigenvalue weighted by atomic mass is 32.1. The van der Waals surface area contributed by atoms with Crippen molar-refractivity contribution < 1.29 is 4.42 Å². The second kappa shape index (κ2) is 4.59. The topological polar surface area (TPSA) is 38.1 Å². The maximum Gasteiger partial charge on any atom is 0.183 e. The first-order chi connectivity index (χ1) is 8.42. The summed E-state index contributed by atoms with van der Waals surface area (Å²) in [6.45, 7) is 0.841. The van der Waals surface area contributed by atoms with Gasteiger partial charge in [0, 0.05) is 13.0 Å². The quantitative estimate of drug-likeness (QED) is 0.762. The fourth-order valence-electron chi connectivity index (χ4n) is 1.70. The Morgan fingerprint density at radius 3 is 2.94 bits per heavy atom. The van der Waals surface area contributed by atoms with Gasteiger partial charge in [-0.3, -0.25) is 0 Å². The number of anilines is 1. The van der Waals surface area contributed by atoms with Gasteiger partial charge in [-0.25, -0.2) is 4.98 Å². The summed E-state index contributed by atoms with van der Waals surface area (Å²) < 4.78 is 6.49. The van der Waals surface area contributed by atoms with Crippen LogP contribution in [0, 0.1) is 0 Å². The van der Waals surface area contributed by atoms with E-state index in [4.69, 9.17) is 4.42 Å². The van der Waals surface area contributed by atoms with E-state index in [-0.39, 0.29) is 0 Å². The summed E-state index contributed by atoms with van der Waals surface area (Å²) in [6.07, 6.45) is 2.58. The van der Waals surface area contributed by atoms with E-state index in [9.17, 15) is 0 Å². The molecule has 17 heavy (non-hydrogen) atoms. The molecule has 0 aliphatic heterocycles. The fraction of sp³-hybridized carbons (Fsp3) is 0.154. The van der Waals surface area contributed by atoms with E-state index in [2.05, 4.69) is 16.4 Å². The largest absolute Gasteiger partial charge is 0.469 e. The highest BCUT2D eigenvalue weighted by molar-refractivity contribution is 7.22. The lowest BCUT2D eigenvalue weighted by atomic mass is 10.3. The third kappa shape index (κ3) is 2.31. The predicted octanol–water partition coefficient (Wildman–Crippen LogP) is 3.54. The van der Waals surface area contributed by atoms with Crippen molar-refractivity contribution in [3.05, 3.63) is 48.4 Å². The van der Waals surface area contributed by atoms with Crippen molar-refractivity contribution in [3.63, 3.8) is 0 Å². The van der Waals surface area contributed by atoms with Gasteiger partial charge in [0.15, 0.2) is 5.13 Å². The van der Waals surface area contributed by atoms with E-state index >= 15 is 0 Å². The standard InChI is InChI=1S/C13H12N2OS/c1-2-6-12-11(5-1)15-13(17-12)14-8-7-10-4-3-9-16-10/h1-6,9H,7-8H2,(H,14,15). The molecule has 2 aromatic heterocycles. The molecule has 0 amide bonds. The second-order valence-corrected chi connectivity index (χ2v) is 4.77. The highest BCUT2D eigenvalue weighted by Gasteiger charge is 2.02. The van der Waals surface area contributed by atoms with Crippen LogP contribution in [0.4, 0.5) is 5.13 Å². The Hall–Kier alpha value is -1.81. The number of benzene rings is 1. The van der Waals surface area contributed by atoms with Crippen molar-refractivity contribution in [3.8, 4) is 0 Å². The van der Waals surface area contributed by atoms with Crippen LogP contribution in [0.2, 0.25) is 0 Å². The molecule has 3 nitrogen and oxygen atoms in total. The van der Waals surface area contributed by atoms with Gasteiger partial charge in [0.25, 0.3) is 0 Å². The molecule has 0 fully saturated rings. The Labute approximate surface area is 103 Å². The van der Waals surface area contributed by atoms with Crippen LogP contribution >= 0.6 is 11.3 Å². The smallest absolute Gasteiger partial charge is 0.183 e. The first-order valence-corrected chi connectivity index (χ1v) is 6.35. The first-order valence-electron chi connectivity index (χ1n) is 5.54. The van der Waals surface area contributed by atoms with E-state index in [0.717, 1.165) is 29.4 Å². The molecular formula is C13H12N2OS. The molecular weight excluding hydrogens is 232 g/mol. The molecule has 0 saturated heterocycles. The van der Waals surface area contributed by atoms with Crippen molar-refractivity contribution in [2.45, 2.75) is 6.42 Å². The molecule has 1 aromatic carbocycles. The molecule has 0 spiro atoms. The van der Waals surface area contributed by atoms with Crippen LogP contribution in [-0.2, 0) is 6.42 Å². The van der Waals surface area contributed by atoms with E-state index < -0.39 is 0 Å². The molecule has 4 heteroatoms. The highest BCUT2D eigenvalue weighted by Crippen LogP contribution is 2.25. The SMILES string of the molecule is c1coc(CCNc2nc3ccccc3s2)c1. The van der Waals surface area contributed by atoms with Gasteiger partial charge in [0.2, 0.25) is 0 Å². The lowest BCUT2D eigenvalue weighted by Crippen LogP contribution is -2.03. The molecule has 0 saturated carbocycles. The van der Waals surface area contributed by atoms with Crippen molar-refractivity contribution in [1.82, 2.24) is 4.98 Å². The van der Waals surface area contributed by atoms with Crippen LogP contribution < -0.4 is 5.32 Å². The third-order valence-electron chi connectivity index (χ3n) is 2.52. The molecule has 2 heterocycles. The minimum Gasteiger partial charge on any atom is -0.469 e. The molecule has 86 valence electrons. The Morgan fingerprint density at radius 1 is 1.18 bits per heavy atom. The first kappa shape index (κ1) is 10.4. The molecule has 0 aliphatic rings. The van der Waals surface area contributed by atoms with Gasteiger partial charge in [-0.05, 0) is 24.3 Å². The molecule has 3 aromatic rings. The fourth-order valence-corrected chi connectivity index (χ4v) is 2.59. The van der Waals surface area contributed by atoms with E-state index in [1.807, 2.05) is 30.3 Å². The number of para-hydroxylation sites is 1. The Bertz CT molecular complexity index is 568. The van der Waals surface area contributed by atoms with E-state index in [1.54, 1.807) is 17.6 Å². The summed E-state index contributed by atoms with van der Waals surface area (Å²) in [5.41, 5.74) is 1.05. The van der Waals surface area contributed by atoms with E-state index in [0.29, 0.717) is 0 Å². The Balaban J connectivity index is 1.65.